The molecule has 0 saturated heterocycles. The molecule has 3 N–H and O–H groups in total. The van der Waals surface area contributed by atoms with Crippen molar-refractivity contribution in [3.05, 3.63) is 36.0 Å². The van der Waals surface area contributed by atoms with Gasteiger partial charge in [0.1, 0.15) is 5.84 Å². The van der Waals surface area contributed by atoms with E-state index >= 15 is 0 Å². The lowest BCUT2D eigenvalue weighted by molar-refractivity contribution is 0.332. The minimum Gasteiger partial charge on any atom is -0.377 e. The van der Waals surface area contributed by atoms with E-state index in [2.05, 4.69) is 34.2 Å². The molecular weight excluding hydrogens is 336 g/mol. The molecule has 0 spiro atoms. The molecule has 0 radical (unpaired) electrons. The van der Waals surface area contributed by atoms with Gasteiger partial charge in [-0.3, -0.25) is 10.4 Å². The molecular formula is C21H28N6. The summed E-state index contributed by atoms with van der Waals surface area (Å²) < 4.78 is 0. The second kappa shape index (κ2) is 9.22. The zero-order chi connectivity index (χ0) is 19.1. The van der Waals surface area contributed by atoms with Crippen LogP contribution in [0.15, 0.2) is 46.1 Å². The molecule has 27 heavy (non-hydrogen) atoms. The van der Waals surface area contributed by atoms with E-state index in [-0.39, 0.29) is 6.04 Å². The summed E-state index contributed by atoms with van der Waals surface area (Å²) in [5.74, 6) is 1.60. The lowest BCUT2D eigenvalue weighted by atomic mass is 9.86. The molecule has 1 saturated carbocycles. The molecule has 1 aliphatic carbocycles. The summed E-state index contributed by atoms with van der Waals surface area (Å²) in [6.07, 6.45) is 9.16. The van der Waals surface area contributed by atoms with Crippen LogP contribution in [0.1, 0.15) is 46.0 Å². The van der Waals surface area contributed by atoms with Crippen molar-refractivity contribution < 1.29 is 0 Å². The Bertz CT molecular complexity index is 773. The second-order valence-electron chi connectivity index (χ2n) is 7.24. The summed E-state index contributed by atoms with van der Waals surface area (Å²) in [6, 6.07) is 10.5. The summed E-state index contributed by atoms with van der Waals surface area (Å²) in [5, 5.41) is 20.3. The lowest BCUT2D eigenvalue weighted by Gasteiger charge is -2.29. The average Bonchev–Trinajstić information content (AvgIpc) is 2.69. The van der Waals surface area contributed by atoms with Crippen molar-refractivity contribution in [3.8, 4) is 6.07 Å². The topological polar surface area (TPSA) is 84.6 Å². The fourth-order valence-electron chi connectivity index (χ4n) is 3.66. The lowest BCUT2D eigenvalue weighted by Crippen LogP contribution is -2.37. The van der Waals surface area contributed by atoms with Crippen molar-refractivity contribution in [2.24, 2.45) is 16.0 Å². The molecule has 3 atom stereocenters. The van der Waals surface area contributed by atoms with Gasteiger partial charge in [-0.2, -0.15) is 10.4 Å². The number of hydrogen-bond acceptors (Lipinski definition) is 5. The monoisotopic (exact) mass is 364 g/mol. The Morgan fingerprint density at radius 1 is 1.26 bits per heavy atom. The fraction of sp³-hybridized carbons (Fsp3) is 0.476. The van der Waals surface area contributed by atoms with Crippen molar-refractivity contribution in [3.63, 3.8) is 0 Å². The van der Waals surface area contributed by atoms with Crippen LogP contribution >= 0.6 is 0 Å². The maximum atomic E-state index is 9.49. The summed E-state index contributed by atoms with van der Waals surface area (Å²) >= 11 is 0. The van der Waals surface area contributed by atoms with Crippen LogP contribution in [0.4, 0.5) is 11.4 Å². The van der Waals surface area contributed by atoms with E-state index in [1.165, 1.54) is 19.3 Å². The quantitative estimate of drug-likeness (QED) is 0.538. The van der Waals surface area contributed by atoms with Crippen molar-refractivity contribution >= 4 is 23.4 Å². The second-order valence-corrected chi connectivity index (χ2v) is 7.24. The Morgan fingerprint density at radius 2 is 2.07 bits per heavy atom. The summed E-state index contributed by atoms with van der Waals surface area (Å²) in [4.78, 5) is 4.97. The highest BCUT2D eigenvalue weighted by Crippen LogP contribution is 2.27. The van der Waals surface area contributed by atoms with E-state index in [9.17, 15) is 5.26 Å². The van der Waals surface area contributed by atoms with E-state index < -0.39 is 0 Å². The van der Waals surface area contributed by atoms with Crippen LogP contribution in [0.25, 0.3) is 0 Å². The highest BCUT2D eigenvalue weighted by atomic mass is 15.3. The Labute approximate surface area is 161 Å². The number of nitrogens with one attached hydrogen (secondary N) is 3. The molecule has 1 aromatic rings. The van der Waals surface area contributed by atoms with Crippen molar-refractivity contribution in [1.82, 2.24) is 5.32 Å². The number of aliphatic imine (C=N–C) groups is 1. The molecule has 6 nitrogen and oxygen atoms in total. The molecule has 2 aliphatic rings. The predicted molar refractivity (Wildman–Crippen MR) is 112 cm³/mol. The van der Waals surface area contributed by atoms with E-state index in [0.29, 0.717) is 24.0 Å². The van der Waals surface area contributed by atoms with Gasteiger partial charge >= 0.3 is 0 Å². The molecule has 1 heterocycles. The summed E-state index contributed by atoms with van der Waals surface area (Å²) in [7, 11) is 0. The predicted octanol–water partition coefficient (Wildman–Crippen LogP) is 4.26. The minimum atomic E-state index is -0.0844. The SMILES string of the molecule is C/C=N\Nc1cccc(NC2CC(=NC3CCCCC3C)NC=C2C#N)c1. The molecule has 6 heteroatoms. The van der Waals surface area contributed by atoms with Gasteiger partial charge in [-0.05, 0) is 43.9 Å². The van der Waals surface area contributed by atoms with Gasteiger partial charge in [-0.15, -0.1) is 0 Å². The van der Waals surface area contributed by atoms with E-state index in [0.717, 1.165) is 23.6 Å². The van der Waals surface area contributed by atoms with Gasteiger partial charge in [0.2, 0.25) is 0 Å². The van der Waals surface area contributed by atoms with Crippen LogP contribution in [-0.4, -0.2) is 24.1 Å². The third-order valence-electron chi connectivity index (χ3n) is 5.21. The Hall–Kier alpha value is -2.81. The Kier molecular flexibility index (Phi) is 6.48. The number of rotatable bonds is 5. The van der Waals surface area contributed by atoms with Gasteiger partial charge in [0.05, 0.1) is 29.4 Å². The fourth-order valence-corrected chi connectivity index (χ4v) is 3.66. The normalized spacial score (nSPS) is 26.9. The van der Waals surface area contributed by atoms with Crippen LogP contribution in [0.2, 0.25) is 0 Å². The van der Waals surface area contributed by atoms with Gasteiger partial charge in [0.15, 0.2) is 0 Å². The third-order valence-corrected chi connectivity index (χ3v) is 5.21. The molecule has 0 amide bonds. The zero-order valence-electron chi connectivity index (χ0n) is 16.1. The molecule has 142 valence electrons. The van der Waals surface area contributed by atoms with Gasteiger partial charge < -0.3 is 10.6 Å². The number of hydrazone groups is 1. The van der Waals surface area contributed by atoms with Crippen LogP contribution in [0.5, 0.6) is 0 Å². The van der Waals surface area contributed by atoms with Gasteiger partial charge in [0, 0.05) is 24.5 Å². The van der Waals surface area contributed by atoms with Crippen molar-refractivity contribution in [2.75, 3.05) is 10.7 Å². The minimum absolute atomic E-state index is 0.0844. The van der Waals surface area contributed by atoms with E-state index in [1.54, 1.807) is 12.4 Å². The maximum absolute atomic E-state index is 9.49. The number of hydrogen-bond donors (Lipinski definition) is 3. The van der Waals surface area contributed by atoms with Crippen LogP contribution in [-0.2, 0) is 0 Å². The standard InChI is InChI=1S/C21H28N6/c1-3-24-27-18-9-6-8-17(11-18)25-20-12-21(23-14-16(20)13-22)26-19-10-5-4-7-15(19)2/h3,6,8-9,11,14-15,19-20,25,27H,4-5,7,10,12H2,1-2H3,(H,23,26)/b24-3-. The number of amidine groups is 1. The maximum Gasteiger partial charge on any atom is 0.103 e. The third kappa shape index (κ3) is 5.10. The number of nitriles is 1. The highest BCUT2D eigenvalue weighted by molar-refractivity contribution is 5.86. The molecule has 1 fully saturated rings. The van der Waals surface area contributed by atoms with Crippen LogP contribution in [0, 0.1) is 17.2 Å². The highest BCUT2D eigenvalue weighted by Gasteiger charge is 2.25. The molecule has 1 aromatic carbocycles. The van der Waals surface area contributed by atoms with Crippen LogP contribution < -0.4 is 16.1 Å². The molecule has 3 rings (SSSR count). The molecule has 3 unspecified atom stereocenters. The van der Waals surface area contributed by atoms with Crippen LogP contribution in [0.3, 0.4) is 0 Å². The smallest absolute Gasteiger partial charge is 0.103 e. The zero-order valence-corrected chi connectivity index (χ0v) is 16.1. The van der Waals surface area contributed by atoms with Crippen molar-refractivity contribution in [2.45, 2.75) is 58.0 Å². The van der Waals surface area contributed by atoms with Gasteiger partial charge in [-0.1, -0.05) is 25.8 Å². The summed E-state index contributed by atoms with van der Waals surface area (Å²) in [5.41, 5.74) is 5.52. The van der Waals surface area contributed by atoms with Gasteiger partial charge in [0.25, 0.3) is 0 Å². The molecule has 0 aromatic heterocycles. The van der Waals surface area contributed by atoms with E-state index in [1.807, 2.05) is 31.2 Å². The number of nitrogens with zero attached hydrogens (tertiary/aromatic N) is 3. The summed E-state index contributed by atoms with van der Waals surface area (Å²) in [6.45, 7) is 4.16. The first-order chi connectivity index (χ1) is 13.2. The first-order valence-electron chi connectivity index (χ1n) is 9.73. The Balaban J connectivity index is 1.72. The largest absolute Gasteiger partial charge is 0.377 e. The molecule has 0 bridgehead atoms. The Morgan fingerprint density at radius 3 is 2.85 bits per heavy atom. The van der Waals surface area contributed by atoms with Crippen molar-refractivity contribution in [1.29, 1.82) is 5.26 Å². The number of anilines is 2. The van der Waals surface area contributed by atoms with E-state index in [4.69, 9.17) is 4.99 Å². The molecule has 1 aliphatic heterocycles. The number of benzene rings is 1. The van der Waals surface area contributed by atoms with Gasteiger partial charge in [-0.25, -0.2) is 0 Å². The first-order valence-corrected chi connectivity index (χ1v) is 9.73. The first kappa shape index (κ1) is 19.0. The average molecular weight is 364 g/mol.